The topological polar surface area (TPSA) is 83.1 Å². The first-order chi connectivity index (χ1) is 12.5. The van der Waals surface area contributed by atoms with E-state index in [1.807, 2.05) is 0 Å². The number of rotatable bonds is 5. The molecule has 7 nitrogen and oxygen atoms in total. The number of amides is 1. The SMILES string of the molecule is COc1ccc(NC(=O)[C@H](C)OC(=O)c2cc(Cl)c3c(c2)OCO3)cc1. The Labute approximate surface area is 154 Å². The van der Waals surface area contributed by atoms with Gasteiger partial charge >= 0.3 is 5.97 Å². The van der Waals surface area contributed by atoms with Crippen LogP contribution >= 0.6 is 11.6 Å². The van der Waals surface area contributed by atoms with Crippen LogP contribution in [-0.2, 0) is 9.53 Å². The van der Waals surface area contributed by atoms with Gasteiger partial charge in [-0.25, -0.2) is 4.79 Å². The minimum absolute atomic E-state index is 0.0359. The molecule has 1 aliphatic rings. The van der Waals surface area contributed by atoms with Crippen molar-refractivity contribution in [3.8, 4) is 17.2 Å². The van der Waals surface area contributed by atoms with Crippen molar-refractivity contribution in [3.05, 3.63) is 47.0 Å². The molecular formula is C18H16ClNO6. The number of carbonyl (C=O) groups is 2. The molecule has 0 radical (unpaired) electrons. The van der Waals surface area contributed by atoms with Crippen LogP contribution in [0.25, 0.3) is 0 Å². The Morgan fingerprint density at radius 2 is 1.92 bits per heavy atom. The highest BCUT2D eigenvalue weighted by Gasteiger charge is 2.24. The first-order valence-corrected chi connectivity index (χ1v) is 8.11. The molecule has 0 unspecified atom stereocenters. The van der Waals surface area contributed by atoms with Gasteiger partial charge in [0.1, 0.15) is 5.75 Å². The smallest absolute Gasteiger partial charge is 0.339 e. The largest absolute Gasteiger partial charge is 0.497 e. The standard InChI is InChI=1S/C18H16ClNO6/c1-10(17(21)20-12-3-5-13(23-2)6-4-12)26-18(22)11-7-14(19)16-15(8-11)24-9-25-16/h3-8,10H,9H2,1-2H3,(H,20,21)/t10-/m0/s1. The van der Waals surface area contributed by atoms with E-state index in [1.165, 1.54) is 19.1 Å². The predicted molar refractivity (Wildman–Crippen MR) is 94.1 cm³/mol. The van der Waals surface area contributed by atoms with Gasteiger partial charge in [0.2, 0.25) is 6.79 Å². The van der Waals surface area contributed by atoms with Crippen molar-refractivity contribution in [2.75, 3.05) is 19.2 Å². The average Bonchev–Trinajstić information content (AvgIpc) is 3.11. The molecule has 1 aliphatic heterocycles. The molecule has 0 bridgehead atoms. The fourth-order valence-corrected chi connectivity index (χ4v) is 2.55. The number of nitrogens with one attached hydrogen (secondary N) is 1. The van der Waals surface area contributed by atoms with Gasteiger partial charge in [-0.05, 0) is 43.3 Å². The molecule has 3 rings (SSSR count). The van der Waals surface area contributed by atoms with E-state index in [0.29, 0.717) is 22.9 Å². The van der Waals surface area contributed by atoms with Gasteiger partial charge in [0, 0.05) is 5.69 Å². The fourth-order valence-electron chi connectivity index (χ4n) is 2.29. The Kier molecular flexibility index (Phi) is 5.18. The molecule has 136 valence electrons. The van der Waals surface area contributed by atoms with Crippen LogP contribution in [0.3, 0.4) is 0 Å². The molecule has 1 heterocycles. The Hall–Kier alpha value is -2.93. The maximum absolute atomic E-state index is 12.3. The van der Waals surface area contributed by atoms with Crippen LogP contribution in [0.15, 0.2) is 36.4 Å². The molecule has 0 aliphatic carbocycles. The molecule has 0 fully saturated rings. The molecule has 1 amide bonds. The molecule has 0 saturated carbocycles. The van der Waals surface area contributed by atoms with E-state index in [0.717, 1.165) is 0 Å². The highest BCUT2D eigenvalue weighted by Crippen LogP contribution is 2.39. The average molecular weight is 378 g/mol. The van der Waals surface area contributed by atoms with E-state index in [2.05, 4.69) is 5.32 Å². The molecule has 2 aromatic rings. The van der Waals surface area contributed by atoms with Gasteiger partial charge in [-0.2, -0.15) is 0 Å². The summed E-state index contributed by atoms with van der Waals surface area (Å²) >= 11 is 6.05. The van der Waals surface area contributed by atoms with Gasteiger partial charge in [0.25, 0.3) is 5.91 Å². The van der Waals surface area contributed by atoms with Crippen molar-refractivity contribution in [1.29, 1.82) is 0 Å². The van der Waals surface area contributed by atoms with Crippen molar-refractivity contribution in [2.45, 2.75) is 13.0 Å². The quantitative estimate of drug-likeness (QED) is 0.805. The van der Waals surface area contributed by atoms with Crippen LogP contribution in [0.2, 0.25) is 5.02 Å². The van der Waals surface area contributed by atoms with Crippen LogP contribution in [0.5, 0.6) is 17.2 Å². The third kappa shape index (κ3) is 3.83. The van der Waals surface area contributed by atoms with Crippen molar-refractivity contribution in [1.82, 2.24) is 0 Å². The Balaban J connectivity index is 1.63. The lowest BCUT2D eigenvalue weighted by atomic mass is 10.2. The summed E-state index contributed by atoms with van der Waals surface area (Å²) in [6, 6.07) is 9.66. The first-order valence-electron chi connectivity index (χ1n) is 7.73. The Bertz CT molecular complexity index is 836. The van der Waals surface area contributed by atoms with E-state index >= 15 is 0 Å². The lowest BCUT2D eigenvalue weighted by Crippen LogP contribution is -2.30. The molecule has 2 aromatic carbocycles. The summed E-state index contributed by atoms with van der Waals surface area (Å²) in [6.07, 6.45) is -1.01. The number of methoxy groups -OCH3 is 1. The van der Waals surface area contributed by atoms with Gasteiger partial charge in [0.15, 0.2) is 17.6 Å². The van der Waals surface area contributed by atoms with Crippen LogP contribution in [0.4, 0.5) is 5.69 Å². The lowest BCUT2D eigenvalue weighted by Gasteiger charge is -2.14. The first kappa shape index (κ1) is 17.9. The molecule has 0 spiro atoms. The second kappa shape index (κ2) is 7.53. The minimum Gasteiger partial charge on any atom is -0.497 e. The zero-order valence-electron chi connectivity index (χ0n) is 14.1. The molecule has 26 heavy (non-hydrogen) atoms. The number of carbonyl (C=O) groups excluding carboxylic acids is 2. The highest BCUT2D eigenvalue weighted by molar-refractivity contribution is 6.32. The van der Waals surface area contributed by atoms with E-state index in [4.69, 9.17) is 30.5 Å². The maximum atomic E-state index is 12.3. The summed E-state index contributed by atoms with van der Waals surface area (Å²) in [6.45, 7) is 1.51. The second-order valence-electron chi connectivity index (χ2n) is 5.46. The fraction of sp³-hybridized carbons (Fsp3) is 0.222. The number of halogens is 1. The number of anilines is 1. The number of hydrogen-bond donors (Lipinski definition) is 1. The Morgan fingerprint density at radius 1 is 1.19 bits per heavy atom. The summed E-state index contributed by atoms with van der Waals surface area (Å²) in [5.74, 6) is 0.258. The summed E-state index contributed by atoms with van der Waals surface area (Å²) in [5, 5.41) is 2.90. The van der Waals surface area contributed by atoms with Crippen LogP contribution in [0, 0.1) is 0 Å². The van der Waals surface area contributed by atoms with Gasteiger partial charge in [-0.3, -0.25) is 4.79 Å². The third-order valence-corrected chi connectivity index (χ3v) is 3.95. The van der Waals surface area contributed by atoms with Gasteiger partial charge in [-0.15, -0.1) is 0 Å². The zero-order valence-corrected chi connectivity index (χ0v) is 14.8. The van der Waals surface area contributed by atoms with Crippen molar-refractivity contribution >= 4 is 29.2 Å². The number of ether oxygens (including phenoxy) is 4. The number of esters is 1. The van der Waals surface area contributed by atoms with Gasteiger partial charge in [-0.1, -0.05) is 11.6 Å². The maximum Gasteiger partial charge on any atom is 0.339 e. The van der Waals surface area contributed by atoms with Crippen LogP contribution in [0.1, 0.15) is 17.3 Å². The number of fused-ring (bicyclic) bond motifs is 1. The van der Waals surface area contributed by atoms with E-state index in [1.54, 1.807) is 31.4 Å². The summed E-state index contributed by atoms with van der Waals surface area (Å²) in [4.78, 5) is 24.5. The van der Waals surface area contributed by atoms with Gasteiger partial charge in [0.05, 0.1) is 17.7 Å². The minimum atomic E-state index is -1.01. The van der Waals surface area contributed by atoms with Gasteiger partial charge < -0.3 is 24.3 Å². The third-order valence-electron chi connectivity index (χ3n) is 3.67. The summed E-state index contributed by atoms with van der Waals surface area (Å²) < 4.78 is 20.7. The van der Waals surface area contributed by atoms with E-state index < -0.39 is 18.0 Å². The van der Waals surface area contributed by atoms with Crippen molar-refractivity contribution in [3.63, 3.8) is 0 Å². The molecule has 1 N–H and O–H groups in total. The Morgan fingerprint density at radius 3 is 2.62 bits per heavy atom. The number of benzene rings is 2. The van der Waals surface area contributed by atoms with Crippen LogP contribution < -0.4 is 19.5 Å². The van der Waals surface area contributed by atoms with Crippen LogP contribution in [-0.4, -0.2) is 31.9 Å². The molecule has 1 atom stereocenters. The van der Waals surface area contributed by atoms with E-state index in [-0.39, 0.29) is 17.4 Å². The van der Waals surface area contributed by atoms with E-state index in [9.17, 15) is 9.59 Å². The summed E-state index contributed by atoms with van der Waals surface area (Å²) in [7, 11) is 1.55. The van der Waals surface area contributed by atoms with Crippen molar-refractivity contribution in [2.24, 2.45) is 0 Å². The van der Waals surface area contributed by atoms with Crippen molar-refractivity contribution < 1.29 is 28.5 Å². The monoisotopic (exact) mass is 377 g/mol. The molecule has 0 aromatic heterocycles. The molecule has 8 heteroatoms. The summed E-state index contributed by atoms with van der Waals surface area (Å²) in [5.41, 5.74) is 0.730. The predicted octanol–water partition coefficient (Wildman–Crippen LogP) is 3.26. The zero-order chi connectivity index (χ0) is 18.7. The molecular weight excluding hydrogens is 362 g/mol. The normalized spacial score (nSPS) is 13.0. The number of hydrogen-bond acceptors (Lipinski definition) is 6. The highest BCUT2D eigenvalue weighted by atomic mass is 35.5. The lowest BCUT2D eigenvalue weighted by molar-refractivity contribution is -0.123. The second-order valence-corrected chi connectivity index (χ2v) is 5.86. The molecule has 0 saturated heterocycles.